The van der Waals surface area contributed by atoms with E-state index in [-0.39, 0.29) is 47.7 Å². The van der Waals surface area contributed by atoms with E-state index in [1.165, 1.54) is 6.07 Å². The monoisotopic (exact) mass is 348 g/mol. The number of cyclic esters (lactones) is 1. The molecule has 0 spiro atoms. The molecular formula is C19H24O6. The minimum Gasteiger partial charge on any atom is -0.508 e. The molecule has 1 aliphatic heterocycles. The van der Waals surface area contributed by atoms with E-state index in [4.69, 9.17) is 9.47 Å². The van der Waals surface area contributed by atoms with E-state index in [9.17, 15) is 19.8 Å². The Labute approximate surface area is 147 Å². The molecule has 0 aromatic heterocycles. The fourth-order valence-electron chi connectivity index (χ4n) is 2.86. The summed E-state index contributed by atoms with van der Waals surface area (Å²) in [5.41, 5.74) is 0.176. The van der Waals surface area contributed by atoms with Gasteiger partial charge in [0.15, 0.2) is 0 Å². The smallest absolute Gasteiger partial charge is 0.342 e. The second-order valence-electron chi connectivity index (χ2n) is 6.28. The maximum absolute atomic E-state index is 12.4. The van der Waals surface area contributed by atoms with Gasteiger partial charge in [-0.05, 0) is 31.4 Å². The normalized spacial score (nSPS) is 22.8. The molecule has 25 heavy (non-hydrogen) atoms. The van der Waals surface area contributed by atoms with Crippen LogP contribution in [-0.2, 0) is 20.7 Å². The molecule has 0 aliphatic carbocycles. The third-order valence-electron chi connectivity index (χ3n) is 4.16. The van der Waals surface area contributed by atoms with Gasteiger partial charge in [0.25, 0.3) is 0 Å². The Hall–Kier alpha value is -2.34. The van der Waals surface area contributed by atoms with Gasteiger partial charge in [0.2, 0.25) is 0 Å². The maximum Gasteiger partial charge on any atom is 0.342 e. The van der Waals surface area contributed by atoms with Gasteiger partial charge in [0.05, 0.1) is 6.10 Å². The van der Waals surface area contributed by atoms with Crippen LogP contribution in [-0.4, -0.2) is 41.3 Å². The number of hydrogen-bond acceptors (Lipinski definition) is 6. The Morgan fingerprint density at radius 1 is 1.20 bits per heavy atom. The van der Waals surface area contributed by atoms with Gasteiger partial charge >= 0.3 is 5.97 Å². The second-order valence-corrected chi connectivity index (χ2v) is 6.28. The molecule has 0 fully saturated rings. The third kappa shape index (κ3) is 5.32. The highest BCUT2D eigenvalue weighted by Gasteiger charge is 2.23. The van der Waals surface area contributed by atoms with Crippen molar-refractivity contribution in [1.82, 2.24) is 0 Å². The van der Waals surface area contributed by atoms with Crippen LogP contribution in [0.1, 0.15) is 48.5 Å². The Balaban J connectivity index is 2.37. The van der Waals surface area contributed by atoms with Gasteiger partial charge in [-0.15, -0.1) is 0 Å². The molecule has 0 saturated heterocycles. The first kappa shape index (κ1) is 19.0. The predicted octanol–water partition coefficient (Wildman–Crippen LogP) is 2.90. The number of Topliss-reactive ketones (excluding diaryl/α,β-unsaturated/α-hetero) is 1. The van der Waals surface area contributed by atoms with Gasteiger partial charge in [-0.1, -0.05) is 12.2 Å². The summed E-state index contributed by atoms with van der Waals surface area (Å²) < 4.78 is 10.7. The van der Waals surface area contributed by atoms with Crippen LogP contribution in [0.25, 0.3) is 0 Å². The fourth-order valence-corrected chi connectivity index (χ4v) is 2.86. The van der Waals surface area contributed by atoms with E-state index in [2.05, 4.69) is 0 Å². The number of allylic oxidation sites excluding steroid dienone is 1. The number of rotatable bonds is 1. The molecule has 0 amide bonds. The first-order chi connectivity index (χ1) is 11.9. The highest BCUT2D eigenvalue weighted by molar-refractivity contribution is 5.96. The molecule has 6 heteroatoms. The molecule has 136 valence electrons. The van der Waals surface area contributed by atoms with Gasteiger partial charge in [-0.25, -0.2) is 4.79 Å². The second kappa shape index (κ2) is 8.67. The summed E-state index contributed by atoms with van der Waals surface area (Å²) in [6.45, 7) is 1.76. The number of phenolic OH excluding ortho intramolecular Hbond substituents is 2. The third-order valence-corrected chi connectivity index (χ3v) is 4.16. The van der Waals surface area contributed by atoms with Crippen molar-refractivity contribution in [3.8, 4) is 11.5 Å². The SMILES string of the molecule is COC1CCC=CCC(C)OC(=O)c2c(O)cc(O)cc2CC(=O)C1. The first-order valence-corrected chi connectivity index (χ1v) is 8.36. The molecular weight excluding hydrogens is 324 g/mol. The number of hydrogen-bond donors (Lipinski definition) is 2. The number of esters is 1. The molecule has 1 aliphatic rings. The molecule has 6 nitrogen and oxygen atoms in total. The van der Waals surface area contributed by atoms with Crippen LogP contribution in [0.15, 0.2) is 24.3 Å². The zero-order chi connectivity index (χ0) is 18.4. The number of phenols is 2. The number of carbonyl (C=O) groups is 2. The number of ketones is 1. The summed E-state index contributed by atoms with van der Waals surface area (Å²) in [5.74, 6) is -1.45. The van der Waals surface area contributed by atoms with Crippen molar-refractivity contribution in [2.75, 3.05) is 7.11 Å². The lowest BCUT2D eigenvalue weighted by atomic mass is 9.97. The Kier molecular flexibility index (Phi) is 6.58. The van der Waals surface area contributed by atoms with Crippen molar-refractivity contribution >= 4 is 11.8 Å². The van der Waals surface area contributed by atoms with E-state index in [0.717, 1.165) is 12.5 Å². The quantitative estimate of drug-likeness (QED) is 0.599. The summed E-state index contributed by atoms with van der Waals surface area (Å²) >= 11 is 0. The molecule has 1 aromatic rings. The molecule has 0 radical (unpaired) electrons. The lowest BCUT2D eigenvalue weighted by Gasteiger charge is -2.17. The highest BCUT2D eigenvalue weighted by atomic mass is 16.5. The van der Waals surface area contributed by atoms with Gasteiger partial charge < -0.3 is 19.7 Å². The molecule has 2 rings (SSSR count). The number of ether oxygens (including phenoxy) is 2. The van der Waals surface area contributed by atoms with Crippen molar-refractivity contribution in [3.63, 3.8) is 0 Å². The van der Waals surface area contributed by atoms with Gasteiger partial charge in [0.1, 0.15) is 28.9 Å². The standard InChI is InChI=1S/C19H24O6/c1-12-6-4-3-5-7-16(24-2)10-14(20)8-13-9-15(21)11-17(22)18(13)19(23)25-12/h3-4,9,11-12,16,21-22H,5-8,10H2,1-2H3. The van der Waals surface area contributed by atoms with Crippen molar-refractivity contribution in [1.29, 1.82) is 0 Å². The van der Waals surface area contributed by atoms with Crippen molar-refractivity contribution in [2.45, 2.75) is 51.2 Å². The zero-order valence-electron chi connectivity index (χ0n) is 14.5. The summed E-state index contributed by atoms with van der Waals surface area (Å²) in [6.07, 6.45) is 5.47. The lowest BCUT2D eigenvalue weighted by Crippen LogP contribution is -2.20. The number of aromatic hydroxyl groups is 2. The number of benzene rings is 1. The number of methoxy groups -OCH3 is 1. The average Bonchev–Trinajstić information content (AvgIpc) is 2.51. The van der Waals surface area contributed by atoms with Crippen LogP contribution in [0.3, 0.4) is 0 Å². The van der Waals surface area contributed by atoms with Crippen molar-refractivity contribution in [2.24, 2.45) is 0 Å². The highest BCUT2D eigenvalue weighted by Crippen LogP contribution is 2.29. The maximum atomic E-state index is 12.4. The van der Waals surface area contributed by atoms with Crippen LogP contribution < -0.4 is 0 Å². The van der Waals surface area contributed by atoms with Crippen molar-refractivity contribution in [3.05, 3.63) is 35.4 Å². The summed E-state index contributed by atoms with van der Waals surface area (Å²) in [4.78, 5) is 24.8. The van der Waals surface area contributed by atoms with Crippen LogP contribution >= 0.6 is 0 Å². The Bertz CT molecular complexity index is 664. The summed E-state index contributed by atoms with van der Waals surface area (Å²) in [6, 6.07) is 2.38. The minimum atomic E-state index is -0.707. The van der Waals surface area contributed by atoms with Crippen LogP contribution in [0.5, 0.6) is 11.5 Å². The molecule has 1 aromatic carbocycles. The van der Waals surface area contributed by atoms with Crippen LogP contribution in [0.4, 0.5) is 0 Å². The average molecular weight is 348 g/mol. The molecule has 2 atom stereocenters. The van der Waals surface area contributed by atoms with E-state index < -0.39 is 11.7 Å². The minimum absolute atomic E-state index is 0.0759. The van der Waals surface area contributed by atoms with Gasteiger partial charge in [0, 0.05) is 32.4 Å². The Morgan fingerprint density at radius 3 is 2.68 bits per heavy atom. The molecule has 2 N–H and O–H groups in total. The number of fused-ring (bicyclic) bond motifs is 1. The first-order valence-electron chi connectivity index (χ1n) is 8.36. The van der Waals surface area contributed by atoms with E-state index in [0.29, 0.717) is 12.8 Å². The topological polar surface area (TPSA) is 93.1 Å². The van der Waals surface area contributed by atoms with Crippen LogP contribution in [0, 0.1) is 0 Å². The van der Waals surface area contributed by atoms with Crippen LogP contribution in [0.2, 0.25) is 0 Å². The molecule has 0 bridgehead atoms. The zero-order valence-corrected chi connectivity index (χ0v) is 14.5. The summed E-state index contributed by atoms with van der Waals surface area (Å²) in [7, 11) is 1.57. The van der Waals surface area contributed by atoms with E-state index in [1.807, 2.05) is 12.2 Å². The van der Waals surface area contributed by atoms with Crippen molar-refractivity contribution < 1.29 is 29.3 Å². The van der Waals surface area contributed by atoms with E-state index >= 15 is 0 Å². The molecule has 2 unspecified atom stereocenters. The largest absolute Gasteiger partial charge is 0.508 e. The number of carbonyl (C=O) groups excluding carboxylic acids is 2. The predicted molar refractivity (Wildman–Crippen MR) is 91.8 cm³/mol. The molecule has 1 heterocycles. The lowest BCUT2D eigenvalue weighted by molar-refractivity contribution is -0.120. The van der Waals surface area contributed by atoms with E-state index in [1.54, 1.807) is 14.0 Å². The van der Waals surface area contributed by atoms with Gasteiger partial charge in [-0.3, -0.25) is 4.79 Å². The summed E-state index contributed by atoms with van der Waals surface area (Å²) in [5, 5.41) is 19.8. The fraction of sp³-hybridized carbons (Fsp3) is 0.474. The Morgan fingerprint density at radius 2 is 1.96 bits per heavy atom. The van der Waals surface area contributed by atoms with Gasteiger partial charge in [-0.2, -0.15) is 0 Å². The molecule has 0 saturated carbocycles.